The number of morpholine rings is 1. The maximum Gasteiger partial charge on any atom is 0.339 e. The molecule has 0 spiro atoms. The van der Waals surface area contributed by atoms with Crippen LogP contribution in [0.15, 0.2) is 12.1 Å². The number of aryl methyl sites for hydroxylation is 1. The molecule has 1 aliphatic rings. The van der Waals surface area contributed by atoms with E-state index >= 15 is 0 Å². The molecule has 1 N–H and O–H groups in total. The van der Waals surface area contributed by atoms with Crippen LogP contribution in [0.5, 0.6) is 5.88 Å². The number of hydrogen-bond donors (Lipinski definition) is 1. The highest BCUT2D eigenvalue weighted by atomic mass is 16.5. The number of methoxy groups -OCH3 is 1. The summed E-state index contributed by atoms with van der Waals surface area (Å²) in [5, 5.41) is 3.23. The first-order chi connectivity index (χ1) is 9.20. The molecule has 1 saturated heterocycles. The van der Waals surface area contributed by atoms with Gasteiger partial charge in [-0.25, -0.2) is 9.78 Å². The fourth-order valence-electron chi connectivity index (χ4n) is 1.85. The Bertz CT molecular complexity index is 444. The molecule has 0 radical (unpaired) electrons. The summed E-state index contributed by atoms with van der Waals surface area (Å²) in [7, 11) is 1.35. The van der Waals surface area contributed by atoms with Gasteiger partial charge in [0.1, 0.15) is 12.7 Å². The fraction of sp³-hybridized carbons (Fsp3) is 0.538. The summed E-state index contributed by atoms with van der Waals surface area (Å²) >= 11 is 0. The molecule has 6 heteroatoms. The number of esters is 1. The molecule has 0 amide bonds. The SMILES string of the molecule is COC(=O)c1ccc(OCC2CNCCO2)nc1C. The molecule has 2 heterocycles. The molecule has 104 valence electrons. The second kappa shape index (κ2) is 6.49. The third-order valence-electron chi connectivity index (χ3n) is 2.89. The molecular formula is C13H18N2O4. The van der Waals surface area contributed by atoms with Crippen LogP contribution in [0, 0.1) is 6.92 Å². The van der Waals surface area contributed by atoms with Crippen LogP contribution < -0.4 is 10.1 Å². The van der Waals surface area contributed by atoms with Crippen LogP contribution in [0.25, 0.3) is 0 Å². The van der Waals surface area contributed by atoms with Crippen molar-refractivity contribution in [1.29, 1.82) is 0 Å². The fourth-order valence-corrected chi connectivity index (χ4v) is 1.85. The number of pyridine rings is 1. The summed E-state index contributed by atoms with van der Waals surface area (Å²) in [5.74, 6) is 0.0932. The molecule has 19 heavy (non-hydrogen) atoms. The summed E-state index contributed by atoms with van der Waals surface area (Å²) in [6.45, 7) is 4.54. The summed E-state index contributed by atoms with van der Waals surface area (Å²) < 4.78 is 15.8. The van der Waals surface area contributed by atoms with Gasteiger partial charge in [0.05, 0.1) is 25.0 Å². The number of hydrogen-bond acceptors (Lipinski definition) is 6. The van der Waals surface area contributed by atoms with Crippen molar-refractivity contribution in [2.75, 3.05) is 33.4 Å². The summed E-state index contributed by atoms with van der Waals surface area (Å²) in [6.07, 6.45) is 0.0381. The van der Waals surface area contributed by atoms with Gasteiger partial charge in [0.25, 0.3) is 0 Å². The molecule has 0 bridgehead atoms. The molecule has 1 fully saturated rings. The highest BCUT2D eigenvalue weighted by molar-refractivity contribution is 5.90. The number of nitrogens with zero attached hydrogens (tertiary/aromatic N) is 1. The van der Waals surface area contributed by atoms with Crippen molar-refractivity contribution in [3.63, 3.8) is 0 Å². The number of ether oxygens (including phenoxy) is 3. The quantitative estimate of drug-likeness (QED) is 0.802. The first-order valence-corrected chi connectivity index (χ1v) is 6.22. The molecular weight excluding hydrogens is 248 g/mol. The molecule has 0 saturated carbocycles. The molecule has 0 aromatic carbocycles. The topological polar surface area (TPSA) is 69.7 Å². The highest BCUT2D eigenvalue weighted by Gasteiger charge is 2.15. The van der Waals surface area contributed by atoms with Crippen molar-refractivity contribution in [1.82, 2.24) is 10.3 Å². The Balaban J connectivity index is 1.94. The Morgan fingerprint density at radius 1 is 1.58 bits per heavy atom. The molecule has 1 aromatic heterocycles. The van der Waals surface area contributed by atoms with Crippen molar-refractivity contribution < 1.29 is 19.0 Å². The van der Waals surface area contributed by atoms with Crippen molar-refractivity contribution >= 4 is 5.97 Å². The second-order valence-corrected chi connectivity index (χ2v) is 4.28. The molecule has 1 aliphatic heterocycles. The molecule has 1 aromatic rings. The van der Waals surface area contributed by atoms with Gasteiger partial charge in [-0.05, 0) is 13.0 Å². The van der Waals surface area contributed by atoms with Crippen LogP contribution >= 0.6 is 0 Å². The minimum atomic E-state index is -0.392. The molecule has 2 rings (SSSR count). The van der Waals surface area contributed by atoms with E-state index in [0.29, 0.717) is 30.4 Å². The van der Waals surface area contributed by atoms with E-state index in [0.717, 1.165) is 13.1 Å². The predicted octanol–water partition coefficient (Wildman–Crippen LogP) is 0.544. The lowest BCUT2D eigenvalue weighted by atomic mass is 10.2. The zero-order valence-corrected chi connectivity index (χ0v) is 11.1. The van der Waals surface area contributed by atoms with Gasteiger partial charge in [-0.15, -0.1) is 0 Å². The first-order valence-electron chi connectivity index (χ1n) is 6.22. The lowest BCUT2D eigenvalue weighted by Crippen LogP contribution is -2.41. The Kier molecular flexibility index (Phi) is 4.70. The van der Waals surface area contributed by atoms with E-state index in [1.807, 2.05) is 0 Å². The smallest absolute Gasteiger partial charge is 0.339 e. The summed E-state index contributed by atoms with van der Waals surface area (Å²) in [6, 6.07) is 3.32. The third kappa shape index (κ3) is 3.65. The number of rotatable bonds is 4. The standard InChI is InChI=1S/C13H18N2O4/c1-9-11(13(16)17-2)3-4-12(15-9)19-8-10-7-14-5-6-18-10/h3-4,10,14H,5-8H2,1-2H3. The second-order valence-electron chi connectivity index (χ2n) is 4.28. The monoisotopic (exact) mass is 266 g/mol. The Morgan fingerprint density at radius 2 is 2.42 bits per heavy atom. The van der Waals surface area contributed by atoms with Gasteiger partial charge >= 0.3 is 5.97 Å². The minimum Gasteiger partial charge on any atom is -0.475 e. The normalized spacial score (nSPS) is 18.9. The van der Waals surface area contributed by atoms with Crippen LogP contribution in [-0.2, 0) is 9.47 Å². The Morgan fingerprint density at radius 3 is 3.05 bits per heavy atom. The van der Waals surface area contributed by atoms with Crippen LogP contribution in [0.4, 0.5) is 0 Å². The van der Waals surface area contributed by atoms with Crippen LogP contribution in [0.2, 0.25) is 0 Å². The average Bonchev–Trinajstić information content (AvgIpc) is 2.45. The lowest BCUT2D eigenvalue weighted by molar-refractivity contribution is -0.000784. The maximum atomic E-state index is 11.4. The van der Waals surface area contributed by atoms with E-state index in [-0.39, 0.29) is 6.10 Å². The maximum absolute atomic E-state index is 11.4. The zero-order valence-electron chi connectivity index (χ0n) is 11.1. The van der Waals surface area contributed by atoms with Gasteiger partial charge < -0.3 is 19.5 Å². The van der Waals surface area contributed by atoms with Crippen molar-refractivity contribution in [2.24, 2.45) is 0 Å². The molecule has 1 unspecified atom stereocenters. The summed E-state index contributed by atoms with van der Waals surface area (Å²) in [4.78, 5) is 15.6. The number of nitrogens with one attached hydrogen (secondary N) is 1. The van der Waals surface area contributed by atoms with Crippen LogP contribution in [-0.4, -0.2) is 50.5 Å². The lowest BCUT2D eigenvalue weighted by Gasteiger charge is -2.23. The van der Waals surface area contributed by atoms with Gasteiger partial charge in [0.2, 0.25) is 5.88 Å². The third-order valence-corrected chi connectivity index (χ3v) is 2.89. The van der Waals surface area contributed by atoms with E-state index in [1.165, 1.54) is 7.11 Å². The van der Waals surface area contributed by atoms with Crippen LogP contribution in [0.3, 0.4) is 0 Å². The van der Waals surface area contributed by atoms with Crippen molar-refractivity contribution in [3.8, 4) is 5.88 Å². The predicted molar refractivity (Wildman–Crippen MR) is 68.4 cm³/mol. The molecule has 6 nitrogen and oxygen atoms in total. The number of carbonyl (C=O) groups is 1. The van der Waals surface area contributed by atoms with Crippen molar-refractivity contribution in [3.05, 3.63) is 23.4 Å². The van der Waals surface area contributed by atoms with Gasteiger partial charge in [0, 0.05) is 19.2 Å². The van der Waals surface area contributed by atoms with Gasteiger partial charge in [0.15, 0.2) is 0 Å². The van der Waals surface area contributed by atoms with Gasteiger partial charge in [-0.3, -0.25) is 0 Å². The molecule has 0 aliphatic carbocycles. The van der Waals surface area contributed by atoms with E-state index in [2.05, 4.69) is 15.0 Å². The largest absolute Gasteiger partial charge is 0.475 e. The highest BCUT2D eigenvalue weighted by Crippen LogP contribution is 2.14. The summed E-state index contributed by atoms with van der Waals surface area (Å²) in [5.41, 5.74) is 1.04. The van der Waals surface area contributed by atoms with E-state index < -0.39 is 5.97 Å². The minimum absolute atomic E-state index is 0.0381. The van der Waals surface area contributed by atoms with E-state index in [4.69, 9.17) is 9.47 Å². The van der Waals surface area contributed by atoms with Gasteiger partial charge in [-0.2, -0.15) is 0 Å². The number of aromatic nitrogens is 1. The Labute approximate surface area is 112 Å². The first kappa shape index (κ1) is 13.8. The molecule has 1 atom stereocenters. The van der Waals surface area contributed by atoms with Crippen molar-refractivity contribution in [2.45, 2.75) is 13.0 Å². The van der Waals surface area contributed by atoms with Gasteiger partial charge in [-0.1, -0.05) is 0 Å². The van der Waals surface area contributed by atoms with E-state index in [1.54, 1.807) is 19.1 Å². The van der Waals surface area contributed by atoms with E-state index in [9.17, 15) is 4.79 Å². The van der Waals surface area contributed by atoms with Crippen LogP contribution in [0.1, 0.15) is 16.1 Å². The Hall–Kier alpha value is -1.66. The average molecular weight is 266 g/mol. The zero-order chi connectivity index (χ0) is 13.7. The number of carbonyl (C=O) groups excluding carboxylic acids is 1.